The van der Waals surface area contributed by atoms with Crippen LogP contribution in [0.1, 0.15) is 11.1 Å². The molecule has 0 radical (unpaired) electrons. The average Bonchev–Trinajstić information content (AvgIpc) is 2.30. The number of aryl methyl sites for hydroxylation is 1. The van der Waals surface area contributed by atoms with E-state index in [1.165, 1.54) is 11.1 Å². The molecule has 3 heteroatoms. The van der Waals surface area contributed by atoms with E-state index in [4.69, 9.17) is 0 Å². The number of hydrogen-bond acceptors (Lipinski definition) is 0. The summed E-state index contributed by atoms with van der Waals surface area (Å²) in [5.74, 6) is 0. The fourth-order valence-electron chi connectivity index (χ4n) is 1.39. The van der Waals surface area contributed by atoms with Gasteiger partial charge in [0.15, 0.2) is 12.4 Å². The van der Waals surface area contributed by atoms with E-state index in [1.54, 1.807) is 0 Å². The van der Waals surface area contributed by atoms with Gasteiger partial charge < -0.3 is 24.0 Å². The van der Waals surface area contributed by atoms with Crippen molar-refractivity contribution in [3.05, 3.63) is 64.4 Å². The molecule has 0 spiro atoms. The van der Waals surface area contributed by atoms with Gasteiger partial charge in [-0.25, -0.2) is 4.57 Å². The number of aromatic nitrogens is 1. The summed E-state index contributed by atoms with van der Waals surface area (Å²) < 4.78 is 3.13. The number of pyridine rings is 1. The summed E-state index contributed by atoms with van der Waals surface area (Å²) in [7, 11) is 2.02. The minimum absolute atomic E-state index is 0. The highest BCUT2D eigenvalue weighted by Gasteiger charge is 1.92. The maximum absolute atomic E-state index is 3.42. The minimum atomic E-state index is 0. The first-order valence-electron chi connectivity index (χ1n) is 5.13. The van der Waals surface area contributed by atoms with E-state index >= 15 is 0 Å². The van der Waals surface area contributed by atoms with Crippen molar-refractivity contribution in [3.8, 4) is 0 Å². The first kappa shape index (κ1) is 14.4. The normalized spacial score (nSPS) is 10.2. The van der Waals surface area contributed by atoms with Crippen LogP contribution in [0, 0.1) is 0 Å². The highest BCUT2D eigenvalue weighted by atomic mass is 127. The number of halogens is 2. The first-order chi connectivity index (χ1) is 7.74. The second kappa shape index (κ2) is 6.91. The lowest BCUT2D eigenvalue weighted by atomic mass is 10.1. The van der Waals surface area contributed by atoms with E-state index in [0.717, 1.165) is 4.47 Å². The van der Waals surface area contributed by atoms with Crippen molar-refractivity contribution in [2.24, 2.45) is 7.05 Å². The van der Waals surface area contributed by atoms with E-state index < -0.39 is 0 Å². The average molecular weight is 402 g/mol. The molecule has 0 N–H and O–H groups in total. The molecular formula is C14H13BrIN. The smallest absolute Gasteiger partial charge is 0.169 e. The van der Waals surface area contributed by atoms with Crippen molar-refractivity contribution in [1.82, 2.24) is 0 Å². The molecule has 1 aromatic carbocycles. The lowest BCUT2D eigenvalue weighted by Gasteiger charge is -1.94. The van der Waals surface area contributed by atoms with Gasteiger partial charge in [-0.15, -0.1) is 0 Å². The van der Waals surface area contributed by atoms with Gasteiger partial charge in [0.1, 0.15) is 7.05 Å². The predicted octanol–water partition coefficient (Wildman–Crippen LogP) is 0.448. The van der Waals surface area contributed by atoms with Crippen LogP contribution in [-0.4, -0.2) is 0 Å². The van der Waals surface area contributed by atoms with Crippen LogP contribution in [0.3, 0.4) is 0 Å². The van der Waals surface area contributed by atoms with Gasteiger partial charge in [0, 0.05) is 16.6 Å². The maximum atomic E-state index is 3.42. The van der Waals surface area contributed by atoms with Gasteiger partial charge in [-0.3, -0.25) is 0 Å². The third kappa shape index (κ3) is 4.60. The van der Waals surface area contributed by atoms with Crippen molar-refractivity contribution in [1.29, 1.82) is 0 Å². The van der Waals surface area contributed by atoms with E-state index in [-0.39, 0.29) is 24.0 Å². The number of hydrogen-bond donors (Lipinski definition) is 0. The van der Waals surface area contributed by atoms with Gasteiger partial charge in [-0.05, 0) is 23.3 Å². The van der Waals surface area contributed by atoms with Crippen LogP contribution in [0.5, 0.6) is 0 Å². The first-order valence-corrected chi connectivity index (χ1v) is 5.92. The van der Waals surface area contributed by atoms with Gasteiger partial charge in [-0.1, -0.05) is 40.2 Å². The Balaban J connectivity index is 0.00000144. The molecule has 2 aromatic rings. The van der Waals surface area contributed by atoms with Crippen molar-refractivity contribution in [2.75, 3.05) is 0 Å². The summed E-state index contributed by atoms with van der Waals surface area (Å²) in [6.45, 7) is 0. The molecule has 2 rings (SSSR count). The Hall–Kier alpha value is -0.680. The highest BCUT2D eigenvalue weighted by molar-refractivity contribution is 9.10. The zero-order chi connectivity index (χ0) is 11.4. The Bertz CT molecular complexity index is 441. The quantitative estimate of drug-likeness (QED) is 0.508. The van der Waals surface area contributed by atoms with E-state index in [9.17, 15) is 0 Å². The van der Waals surface area contributed by atoms with Crippen LogP contribution >= 0.6 is 15.9 Å². The molecule has 17 heavy (non-hydrogen) atoms. The van der Waals surface area contributed by atoms with Gasteiger partial charge in [-0.2, -0.15) is 0 Å². The number of nitrogens with zero attached hydrogens (tertiary/aromatic N) is 1. The monoisotopic (exact) mass is 401 g/mol. The second-order valence-corrected chi connectivity index (χ2v) is 4.60. The molecular weight excluding hydrogens is 389 g/mol. The van der Waals surface area contributed by atoms with Crippen LogP contribution in [-0.2, 0) is 7.05 Å². The SMILES string of the molecule is C[n+]1ccc(C=Cc2ccc(Br)cc2)cc1.[I-]. The molecule has 0 atom stereocenters. The van der Waals surface area contributed by atoms with Crippen LogP contribution < -0.4 is 28.5 Å². The Labute approximate surface area is 127 Å². The number of benzene rings is 1. The molecule has 1 heterocycles. The highest BCUT2D eigenvalue weighted by Crippen LogP contribution is 2.12. The lowest BCUT2D eigenvalue weighted by Crippen LogP contribution is -3.00. The van der Waals surface area contributed by atoms with Crippen LogP contribution in [0.25, 0.3) is 12.2 Å². The summed E-state index contributed by atoms with van der Waals surface area (Å²) in [6, 6.07) is 12.5. The predicted molar refractivity (Wildman–Crippen MR) is 70.7 cm³/mol. The zero-order valence-electron chi connectivity index (χ0n) is 9.48. The Morgan fingerprint density at radius 3 is 1.88 bits per heavy atom. The lowest BCUT2D eigenvalue weighted by molar-refractivity contribution is -0.671. The standard InChI is InChI=1S/C14H13BrN.HI/c1-16-10-8-13(9-11-16)3-2-12-4-6-14(15)7-5-12;/h2-11H,1H3;1H/q+1;/p-1. The van der Waals surface area contributed by atoms with Crippen molar-refractivity contribution < 1.29 is 28.5 Å². The molecule has 0 aliphatic carbocycles. The largest absolute Gasteiger partial charge is 1.00 e. The fourth-order valence-corrected chi connectivity index (χ4v) is 1.65. The van der Waals surface area contributed by atoms with Crippen molar-refractivity contribution >= 4 is 28.1 Å². The molecule has 0 saturated heterocycles. The molecule has 0 unspecified atom stereocenters. The third-order valence-electron chi connectivity index (χ3n) is 2.34. The molecule has 88 valence electrons. The van der Waals surface area contributed by atoms with Gasteiger partial charge in [0.25, 0.3) is 0 Å². The molecule has 0 aliphatic heterocycles. The summed E-state index contributed by atoms with van der Waals surface area (Å²) in [6.07, 6.45) is 8.31. The van der Waals surface area contributed by atoms with E-state index in [1.807, 2.05) is 36.1 Å². The van der Waals surface area contributed by atoms with E-state index in [2.05, 4.69) is 52.3 Å². The van der Waals surface area contributed by atoms with E-state index in [0.29, 0.717) is 0 Å². The van der Waals surface area contributed by atoms with Crippen LogP contribution in [0.15, 0.2) is 53.3 Å². The summed E-state index contributed by atoms with van der Waals surface area (Å²) in [5, 5.41) is 0. The Morgan fingerprint density at radius 2 is 1.35 bits per heavy atom. The minimum Gasteiger partial charge on any atom is -1.00 e. The van der Waals surface area contributed by atoms with Crippen LogP contribution in [0.4, 0.5) is 0 Å². The maximum Gasteiger partial charge on any atom is 0.169 e. The van der Waals surface area contributed by atoms with Gasteiger partial charge in [0.05, 0.1) is 0 Å². The molecule has 0 bridgehead atoms. The summed E-state index contributed by atoms with van der Waals surface area (Å²) >= 11 is 3.42. The molecule has 0 saturated carbocycles. The molecule has 0 amide bonds. The van der Waals surface area contributed by atoms with Crippen molar-refractivity contribution in [2.45, 2.75) is 0 Å². The molecule has 0 aliphatic rings. The molecule has 1 aromatic heterocycles. The third-order valence-corrected chi connectivity index (χ3v) is 2.87. The number of rotatable bonds is 2. The van der Waals surface area contributed by atoms with Crippen molar-refractivity contribution in [3.63, 3.8) is 0 Å². The summed E-state index contributed by atoms with van der Waals surface area (Å²) in [4.78, 5) is 0. The Morgan fingerprint density at radius 1 is 0.882 bits per heavy atom. The second-order valence-electron chi connectivity index (χ2n) is 3.68. The topological polar surface area (TPSA) is 3.88 Å². The molecule has 0 fully saturated rings. The molecule has 1 nitrogen and oxygen atoms in total. The van der Waals surface area contributed by atoms with Gasteiger partial charge in [0.2, 0.25) is 0 Å². The zero-order valence-corrected chi connectivity index (χ0v) is 13.2. The fraction of sp³-hybridized carbons (Fsp3) is 0.0714. The summed E-state index contributed by atoms with van der Waals surface area (Å²) in [5.41, 5.74) is 2.41. The van der Waals surface area contributed by atoms with Gasteiger partial charge >= 0.3 is 0 Å². The van der Waals surface area contributed by atoms with Crippen LogP contribution in [0.2, 0.25) is 0 Å². The Kier molecular flexibility index (Phi) is 5.85.